The lowest BCUT2D eigenvalue weighted by molar-refractivity contribution is 0.0293. The summed E-state index contributed by atoms with van der Waals surface area (Å²) in [6.45, 7) is 6.89. The molecule has 2 rings (SSSR count). The van der Waals surface area contributed by atoms with E-state index in [4.69, 9.17) is 4.74 Å². The van der Waals surface area contributed by atoms with Crippen LogP contribution in [-0.4, -0.2) is 45.7 Å². The number of hydrogen-bond donors (Lipinski definition) is 1. The van der Waals surface area contributed by atoms with Crippen molar-refractivity contribution in [1.29, 1.82) is 0 Å². The maximum absolute atomic E-state index is 11.9. The van der Waals surface area contributed by atoms with Crippen LogP contribution >= 0.6 is 15.9 Å². The van der Waals surface area contributed by atoms with E-state index in [1.807, 2.05) is 20.8 Å². The second kappa shape index (κ2) is 5.95. The van der Waals surface area contributed by atoms with Crippen LogP contribution in [0.1, 0.15) is 27.2 Å². The molecule has 1 fully saturated rings. The number of likely N-dealkylation sites (tertiary alicyclic amines) is 1. The van der Waals surface area contributed by atoms with Gasteiger partial charge in [0.2, 0.25) is 5.95 Å². The molecule has 20 heavy (non-hydrogen) atoms. The lowest BCUT2D eigenvalue weighted by Gasteiger charge is -2.24. The summed E-state index contributed by atoms with van der Waals surface area (Å²) in [6, 6.07) is 0.156. The number of nitrogens with one attached hydrogen (secondary N) is 1. The molecule has 1 amide bonds. The molecule has 0 unspecified atom stereocenters. The highest BCUT2D eigenvalue weighted by molar-refractivity contribution is 9.10. The molecule has 1 saturated heterocycles. The third-order valence-electron chi connectivity index (χ3n) is 2.79. The maximum atomic E-state index is 11.9. The van der Waals surface area contributed by atoms with E-state index >= 15 is 0 Å². The maximum Gasteiger partial charge on any atom is 0.410 e. The molecular formula is C13H19BrN4O2. The predicted molar refractivity (Wildman–Crippen MR) is 79.6 cm³/mol. The van der Waals surface area contributed by atoms with Crippen molar-refractivity contribution in [1.82, 2.24) is 14.9 Å². The fraction of sp³-hybridized carbons (Fsp3) is 0.615. The van der Waals surface area contributed by atoms with Gasteiger partial charge >= 0.3 is 6.09 Å². The zero-order chi connectivity index (χ0) is 14.8. The predicted octanol–water partition coefficient (Wildman–Crippen LogP) is 2.66. The Balaban J connectivity index is 1.86. The average molecular weight is 343 g/mol. The summed E-state index contributed by atoms with van der Waals surface area (Å²) in [6.07, 6.45) is 3.98. The Morgan fingerprint density at radius 3 is 2.70 bits per heavy atom. The van der Waals surface area contributed by atoms with Crippen LogP contribution in [0.5, 0.6) is 0 Å². The molecule has 1 aromatic rings. The molecule has 1 aromatic heterocycles. The van der Waals surface area contributed by atoms with Crippen molar-refractivity contribution in [2.75, 3.05) is 18.4 Å². The number of rotatable bonds is 2. The second-order valence-corrected chi connectivity index (χ2v) is 6.70. The van der Waals surface area contributed by atoms with Gasteiger partial charge in [-0.15, -0.1) is 0 Å². The zero-order valence-electron chi connectivity index (χ0n) is 11.9. The highest BCUT2D eigenvalue weighted by Crippen LogP contribution is 2.17. The van der Waals surface area contributed by atoms with Crippen LogP contribution in [0.2, 0.25) is 0 Å². The van der Waals surface area contributed by atoms with Crippen molar-refractivity contribution in [3.63, 3.8) is 0 Å². The van der Waals surface area contributed by atoms with Crippen molar-refractivity contribution in [2.45, 2.75) is 38.8 Å². The number of halogens is 1. The van der Waals surface area contributed by atoms with Crippen molar-refractivity contribution >= 4 is 28.0 Å². The Bertz CT molecular complexity index is 472. The molecule has 2 heterocycles. The first-order valence-corrected chi connectivity index (χ1v) is 7.35. The van der Waals surface area contributed by atoms with Crippen LogP contribution in [0.4, 0.5) is 10.7 Å². The minimum absolute atomic E-state index is 0.156. The van der Waals surface area contributed by atoms with Gasteiger partial charge in [0.15, 0.2) is 0 Å². The summed E-state index contributed by atoms with van der Waals surface area (Å²) in [4.78, 5) is 22.0. The van der Waals surface area contributed by atoms with Crippen LogP contribution in [0.3, 0.4) is 0 Å². The molecule has 0 bridgehead atoms. The standard InChI is InChI=1S/C13H19BrN4O2/c1-13(2,3)20-12(19)18-5-4-10(8-18)17-11-15-6-9(14)7-16-11/h6-7,10H,4-5,8H2,1-3H3,(H,15,16,17)/t10-/m0/s1. The van der Waals surface area contributed by atoms with Crippen LogP contribution in [-0.2, 0) is 4.74 Å². The number of hydrogen-bond acceptors (Lipinski definition) is 5. The van der Waals surface area contributed by atoms with Crippen molar-refractivity contribution in [3.8, 4) is 0 Å². The summed E-state index contributed by atoms with van der Waals surface area (Å²) in [5, 5.41) is 3.22. The molecule has 0 radical (unpaired) electrons. The topological polar surface area (TPSA) is 67.3 Å². The SMILES string of the molecule is CC(C)(C)OC(=O)N1CC[C@H](Nc2ncc(Br)cn2)C1. The van der Waals surface area contributed by atoms with Crippen LogP contribution in [0, 0.1) is 0 Å². The van der Waals surface area contributed by atoms with Crippen molar-refractivity contribution < 1.29 is 9.53 Å². The van der Waals surface area contributed by atoms with Crippen LogP contribution in [0.25, 0.3) is 0 Å². The largest absolute Gasteiger partial charge is 0.444 e. The van der Waals surface area contributed by atoms with Gasteiger partial charge < -0.3 is 15.0 Å². The quantitative estimate of drug-likeness (QED) is 0.894. The van der Waals surface area contributed by atoms with Crippen molar-refractivity contribution in [3.05, 3.63) is 16.9 Å². The first kappa shape index (κ1) is 15.0. The van der Waals surface area contributed by atoms with E-state index in [-0.39, 0.29) is 12.1 Å². The number of carbonyl (C=O) groups is 1. The minimum Gasteiger partial charge on any atom is -0.444 e. The first-order chi connectivity index (χ1) is 9.33. The van der Waals surface area contributed by atoms with Crippen molar-refractivity contribution in [2.24, 2.45) is 0 Å². The summed E-state index contributed by atoms with van der Waals surface area (Å²) in [5.74, 6) is 0.573. The summed E-state index contributed by atoms with van der Waals surface area (Å²) in [5.41, 5.74) is -0.461. The number of amides is 1. The number of carbonyl (C=O) groups excluding carboxylic acids is 1. The highest BCUT2D eigenvalue weighted by Gasteiger charge is 2.29. The average Bonchev–Trinajstić information content (AvgIpc) is 2.79. The lowest BCUT2D eigenvalue weighted by atomic mass is 10.2. The van der Waals surface area contributed by atoms with E-state index in [0.29, 0.717) is 19.0 Å². The zero-order valence-corrected chi connectivity index (χ0v) is 13.5. The number of aromatic nitrogens is 2. The van der Waals surface area contributed by atoms with Crippen LogP contribution < -0.4 is 5.32 Å². The van der Waals surface area contributed by atoms with Gasteiger partial charge in [0.1, 0.15) is 5.60 Å². The molecule has 110 valence electrons. The van der Waals surface area contributed by atoms with Gasteiger partial charge in [0.25, 0.3) is 0 Å². The molecule has 0 spiro atoms. The molecule has 1 atom stereocenters. The molecule has 0 aliphatic carbocycles. The number of anilines is 1. The molecule has 1 aliphatic heterocycles. The third-order valence-corrected chi connectivity index (χ3v) is 3.20. The van der Waals surface area contributed by atoms with E-state index in [1.54, 1.807) is 17.3 Å². The van der Waals surface area contributed by atoms with Gasteiger partial charge in [0, 0.05) is 31.5 Å². The van der Waals surface area contributed by atoms with Gasteiger partial charge in [-0.1, -0.05) is 0 Å². The lowest BCUT2D eigenvalue weighted by Crippen LogP contribution is -2.36. The van der Waals surface area contributed by atoms with Gasteiger partial charge in [0.05, 0.1) is 4.47 Å². The first-order valence-electron chi connectivity index (χ1n) is 6.55. The Kier molecular flexibility index (Phi) is 4.47. The molecule has 1 N–H and O–H groups in total. The number of ether oxygens (including phenoxy) is 1. The Morgan fingerprint density at radius 1 is 1.45 bits per heavy atom. The molecule has 1 aliphatic rings. The molecule has 6 nitrogen and oxygen atoms in total. The minimum atomic E-state index is -0.461. The fourth-order valence-electron chi connectivity index (χ4n) is 1.94. The van der Waals surface area contributed by atoms with E-state index in [1.165, 1.54) is 0 Å². The molecule has 0 saturated carbocycles. The Labute approximate surface area is 127 Å². The Hall–Kier alpha value is -1.37. The van der Waals surface area contributed by atoms with Gasteiger partial charge in [-0.3, -0.25) is 0 Å². The van der Waals surface area contributed by atoms with Gasteiger partial charge in [-0.2, -0.15) is 0 Å². The van der Waals surface area contributed by atoms with E-state index < -0.39 is 5.60 Å². The molecule has 7 heteroatoms. The van der Waals surface area contributed by atoms with Crippen LogP contribution in [0.15, 0.2) is 16.9 Å². The molecular weight excluding hydrogens is 324 g/mol. The number of nitrogens with zero attached hydrogens (tertiary/aromatic N) is 3. The molecule has 0 aromatic carbocycles. The van der Waals surface area contributed by atoms with E-state index in [0.717, 1.165) is 10.9 Å². The summed E-state index contributed by atoms with van der Waals surface area (Å²) < 4.78 is 6.20. The fourth-order valence-corrected chi connectivity index (χ4v) is 2.14. The normalized spacial score (nSPS) is 19.0. The van der Waals surface area contributed by atoms with Gasteiger partial charge in [-0.25, -0.2) is 14.8 Å². The highest BCUT2D eigenvalue weighted by atomic mass is 79.9. The summed E-state index contributed by atoms with van der Waals surface area (Å²) in [7, 11) is 0. The third kappa shape index (κ3) is 4.33. The van der Waals surface area contributed by atoms with E-state index in [2.05, 4.69) is 31.2 Å². The summed E-state index contributed by atoms with van der Waals surface area (Å²) >= 11 is 3.29. The monoisotopic (exact) mass is 342 g/mol. The van der Waals surface area contributed by atoms with Gasteiger partial charge in [-0.05, 0) is 43.1 Å². The second-order valence-electron chi connectivity index (χ2n) is 5.78. The Morgan fingerprint density at radius 2 is 2.10 bits per heavy atom. The smallest absolute Gasteiger partial charge is 0.410 e. The van der Waals surface area contributed by atoms with E-state index in [9.17, 15) is 4.79 Å².